The maximum atomic E-state index is 12.4. The average molecular weight is 468 g/mol. The number of aromatic nitrogens is 3. The summed E-state index contributed by atoms with van der Waals surface area (Å²) >= 11 is 0. The molecule has 176 valence electrons. The van der Waals surface area contributed by atoms with Crippen molar-refractivity contribution in [3.8, 4) is 22.4 Å². The third-order valence-electron chi connectivity index (χ3n) is 5.36. The first-order valence-electron chi connectivity index (χ1n) is 10.8. The fraction of sp³-hybridized carbons (Fsp3) is 0.115. The molecule has 0 saturated carbocycles. The Hall–Kier alpha value is -4.79. The SMILES string of the molecule is CN(C)C(=O)c1ccc(-c2cc(-c3ccnc(CNC(=O)c4ccc(N)cc4)c3)cnc2N)nc1. The van der Waals surface area contributed by atoms with Gasteiger partial charge in [-0.25, -0.2) is 4.98 Å². The van der Waals surface area contributed by atoms with E-state index in [1.165, 1.54) is 11.1 Å². The minimum absolute atomic E-state index is 0.128. The highest BCUT2D eigenvalue weighted by Gasteiger charge is 2.13. The minimum atomic E-state index is -0.212. The summed E-state index contributed by atoms with van der Waals surface area (Å²) in [7, 11) is 3.38. The third-order valence-corrected chi connectivity index (χ3v) is 5.36. The van der Waals surface area contributed by atoms with Crippen molar-refractivity contribution in [2.75, 3.05) is 25.6 Å². The summed E-state index contributed by atoms with van der Waals surface area (Å²) in [6, 6.07) is 15.8. The lowest BCUT2D eigenvalue weighted by atomic mass is 10.0. The van der Waals surface area contributed by atoms with Crippen molar-refractivity contribution in [3.63, 3.8) is 0 Å². The molecule has 3 heterocycles. The Bertz CT molecular complexity index is 1370. The molecule has 0 aliphatic carbocycles. The zero-order chi connectivity index (χ0) is 24.9. The van der Waals surface area contributed by atoms with Gasteiger partial charge < -0.3 is 21.7 Å². The van der Waals surface area contributed by atoms with Crippen molar-refractivity contribution in [3.05, 3.63) is 90.0 Å². The van der Waals surface area contributed by atoms with Crippen LogP contribution >= 0.6 is 0 Å². The van der Waals surface area contributed by atoms with E-state index in [0.717, 1.165) is 11.1 Å². The van der Waals surface area contributed by atoms with Crippen LogP contribution in [0.25, 0.3) is 22.4 Å². The van der Waals surface area contributed by atoms with E-state index in [-0.39, 0.29) is 18.4 Å². The van der Waals surface area contributed by atoms with E-state index < -0.39 is 0 Å². The fourth-order valence-electron chi connectivity index (χ4n) is 3.44. The molecule has 35 heavy (non-hydrogen) atoms. The van der Waals surface area contributed by atoms with Gasteiger partial charge in [0.2, 0.25) is 0 Å². The van der Waals surface area contributed by atoms with Crippen molar-refractivity contribution in [2.24, 2.45) is 0 Å². The van der Waals surface area contributed by atoms with Crippen LogP contribution in [0.15, 0.2) is 73.2 Å². The maximum absolute atomic E-state index is 12.4. The number of benzene rings is 1. The van der Waals surface area contributed by atoms with Crippen LogP contribution in [0.1, 0.15) is 26.4 Å². The lowest BCUT2D eigenvalue weighted by Gasteiger charge is -2.11. The molecule has 0 unspecified atom stereocenters. The first kappa shape index (κ1) is 23.4. The van der Waals surface area contributed by atoms with E-state index >= 15 is 0 Å². The number of nitrogens with one attached hydrogen (secondary N) is 1. The van der Waals surface area contributed by atoms with Crippen LogP contribution < -0.4 is 16.8 Å². The Kier molecular flexibility index (Phi) is 6.68. The van der Waals surface area contributed by atoms with Gasteiger partial charge in [-0.1, -0.05) is 0 Å². The summed E-state index contributed by atoms with van der Waals surface area (Å²) in [6.45, 7) is 0.259. The number of anilines is 2. The molecule has 0 radical (unpaired) electrons. The molecule has 4 aromatic rings. The van der Waals surface area contributed by atoms with Crippen molar-refractivity contribution < 1.29 is 9.59 Å². The van der Waals surface area contributed by atoms with E-state index in [1.54, 1.807) is 62.9 Å². The van der Waals surface area contributed by atoms with Crippen molar-refractivity contribution in [2.45, 2.75) is 6.54 Å². The van der Waals surface area contributed by atoms with Crippen LogP contribution in [0.4, 0.5) is 11.5 Å². The van der Waals surface area contributed by atoms with E-state index in [2.05, 4.69) is 20.3 Å². The van der Waals surface area contributed by atoms with Crippen LogP contribution in [0.3, 0.4) is 0 Å². The van der Waals surface area contributed by atoms with Gasteiger partial charge in [0.1, 0.15) is 5.82 Å². The summed E-state index contributed by atoms with van der Waals surface area (Å²) in [4.78, 5) is 39.1. The largest absolute Gasteiger partial charge is 0.399 e. The molecule has 9 heteroatoms. The number of hydrogen-bond acceptors (Lipinski definition) is 7. The molecule has 2 amide bonds. The van der Waals surface area contributed by atoms with Gasteiger partial charge in [0.25, 0.3) is 11.8 Å². The second kappa shape index (κ2) is 10.0. The fourth-order valence-corrected chi connectivity index (χ4v) is 3.44. The number of nitrogens with zero attached hydrogens (tertiary/aromatic N) is 4. The van der Waals surface area contributed by atoms with Crippen LogP contribution in [-0.4, -0.2) is 45.8 Å². The van der Waals surface area contributed by atoms with Gasteiger partial charge in [-0.2, -0.15) is 0 Å². The number of hydrogen-bond donors (Lipinski definition) is 3. The molecule has 0 bridgehead atoms. The molecule has 0 aliphatic rings. The Morgan fingerprint density at radius 1 is 0.857 bits per heavy atom. The minimum Gasteiger partial charge on any atom is -0.399 e. The monoisotopic (exact) mass is 467 g/mol. The normalized spacial score (nSPS) is 10.6. The molecule has 0 spiro atoms. The molecule has 9 nitrogen and oxygen atoms in total. The summed E-state index contributed by atoms with van der Waals surface area (Å²) in [5.74, 6) is -0.00872. The van der Waals surface area contributed by atoms with E-state index in [0.29, 0.717) is 39.6 Å². The molecule has 1 aromatic carbocycles. The summed E-state index contributed by atoms with van der Waals surface area (Å²) in [6.07, 6.45) is 4.88. The van der Waals surface area contributed by atoms with Gasteiger partial charge in [0, 0.05) is 55.1 Å². The van der Waals surface area contributed by atoms with Crippen LogP contribution in [-0.2, 0) is 6.54 Å². The molecular formula is C26H25N7O2. The second-order valence-electron chi connectivity index (χ2n) is 8.13. The number of carbonyl (C=O) groups excluding carboxylic acids is 2. The molecule has 3 aromatic heterocycles. The topological polar surface area (TPSA) is 140 Å². The zero-order valence-corrected chi connectivity index (χ0v) is 19.4. The van der Waals surface area contributed by atoms with Gasteiger partial charge >= 0.3 is 0 Å². The Morgan fingerprint density at radius 2 is 1.60 bits per heavy atom. The predicted octanol–water partition coefficient (Wildman–Crippen LogP) is 3.00. The molecule has 0 saturated heterocycles. The third kappa shape index (κ3) is 5.41. The van der Waals surface area contributed by atoms with Crippen LogP contribution in [0.5, 0.6) is 0 Å². The number of rotatable bonds is 6. The predicted molar refractivity (Wildman–Crippen MR) is 135 cm³/mol. The lowest BCUT2D eigenvalue weighted by Crippen LogP contribution is -2.23. The summed E-state index contributed by atoms with van der Waals surface area (Å²) < 4.78 is 0. The van der Waals surface area contributed by atoms with E-state index in [9.17, 15) is 9.59 Å². The summed E-state index contributed by atoms with van der Waals surface area (Å²) in [5.41, 5.74) is 17.0. The second-order valence-corrected chi connectivity index (χ2v) is 8.13. The molecule has 0 fully saturated rings. The van der Waals surface area contributed by atoms with Crippen molar-refractivity contribution in [1.82, 2.24) is 25.2 Å². The smallest absolute Gasteiger partial charge is 0.254 e. The molecule has 5 N–H and O–H groups in total. The Morgan fingerprint density at radius 3 is 2.29 bits per heavy atom. The number of carbonyl (C=O) groups is 2. The van der Waals surface area contributed by atoms with Gasteiger partial charge in [-0.15, -0.1) is 0 Å². The zero-order valence-electron chi connectivity index (χ0n) is 19.4. The average Bonchev–Trinajstić information content (AvgIpc) is 2.88. The van der Waals surface area contributed by atoms with Gasteiger partial charge in [0.15, 0.2) is 0 Å². The van der Waals surface area contributed by atoms with Gasteiger partial charge in [0.05, 0.1) is 23.5 Å². The summed E-state index contributed by atoms with van der Waals surface area (Å²) in [5, 5.41) is 2.86. The van der Waals surface area contributed by atoms with Crippen LogP contribution in [0.2, 0.25) is 0 Å². The first-order chi connectivity index (χ1) is 16.8. The Balaban J connectivity index is 1.53. The van der Waals surface area contributed by atoms with Gasteiger partial charge in [-0.3, -0.25) is 19.6 Å². The molecular weight excluding hydrogens is 442 g/mol. The molecule has 0 atom stereocenters. The number of pyridine rings is 3. The Labute approximate surface area is 202 Å². The van der Waals surface area contributed by atoms with Gasteiger partial charge in [-0.05, 0) is 60.2 Å². The number of amides is 2. The number of nitrogens with two attached hydrogens (primary N) is 2. The highest BCUT2D eigenvalue weighted by Crippen LogP contribution is 2.28. The van der Waals surface area contributed by atoms with Crippen LogP contribution in [0, 0.1) is 0 Å². The molecule has 4 rings (SSSR count). The lowest BCUT2D eigenvalue weighted by molar-refractivity contribution is 0.0827. The first-order valence-corrected chi connectivity index (χ1v) is 10.8. The standard InChI is InChI=1S/C26H25N7O2/c1-33(2)26(35)18-5-8-23(30-13-18)22-12-19(14-31-24(22)28)17-9-10-29-21(11-17)15-32-25(34)16-3-6-20(27)7-4-16/h3-14H,15,27H2,1-2H3,(H2,28,31)(H,32,34). The van der Waals surface area contributed by atoms with E-state index in [1.807, 2.05) is 18.2 Å². The quantitative estimate of drug-likeness (QED) is 0.370. The number of nitrogen functional groups attached to an aromatic ring is 2. The highest BCUT2D eigenvalue weighted by atomic mass is 16.2. The molecule has 0 aliphatic heterocycles. The highest BCUT2D eigenvalue weighted by molar-refractivity contribution is 5.94. The van der Waals surface area contributed by atoms with Crippen molar-refractivity contribution >= 4 is 23.3 Å². The maximum Gasteiger partial charge on any atom is 0.254 e. The van der Waals surface area contributed by atoms with E-state index in [4.69, 9.17) is 11.5 Å². The van der Waals surface area contributed by atoms with Crippen molar-refractivity contribution in [1.29, 1.82) is 0 Å².